The number of rotatable bonds is 6. The molecule has 4 N–H and O–H groups in total. The maximum absolute atomic E-state index is 12.4. The van der Waals surface area contributed by atoms with E-state index in [4.69, 9.17) is 4.74 Å². The van der Waals surface area contributed by atoms with Crippen molar-refractivity contribution in [3.63, 3.8) is 0 Å². The molecule has 166 valence electrons. The molecule has 29 heavy (non-hydrogen) atoms. The van der Waals surface area contributed by atoms with Crippen LogP contribution in [-0.2, 0) is 4.74 Å². The summed E-state index contributed by atoms with van der Waals surface area (Å²) in [5.74, 6) is 0. The van der Waals surface area contributed by atoms with Gasteiger partial charge < -0.3 is 20.1 Å². The highest BCUT2D eigenvalue weighted by molar-refractivity contribution is 6.41. The molecule has 0 aromatic carbocycles. The quantitative estimate of drug-likeness (QED) is 0.420. The summed E-state index contributed by atoms with van der Waals surface area (Å²) in [4.78, 5) is 26.0. The third-order valence-corrected chi connectivity index (χ3v) is 11.6. The van der Waals surface area contributed by atoms with Crippen LogP contribution in [0.4, 0.5) is 0 Å². The molecule has 0 radical (unpaired) electrons. The van der Waals surface area contributed by atoms with Gasteiger partial charge in [0.05, 0.1) is 24.8 Å². The second-order valence-corrected chi connectivity index (χ2v) is 14.7. The second-order valence-electron chi connectivity index (χ2n) is 10.6. The third kappa shape index (κ3) is 5.99. The van der Waals surface area contributed by atoms with E-state index in [0.29, 0.717) is 6.04 Å². The Labute approximate surface area is 176 Å². The predicted molar refractivity (Wildman–Crippen MR) is 118 cm³/mol. The van der Waals surface area contributed by atoms with Crippen molar-refractivity contribution in [2.24, 2.45) is 10.8 Å². The Hall–Kier alpha value is -1.05. The third-order valence-electron chi connectivity index (χ3n) is 5.49. The van der Waals surface area contributed by atoms with E-state index in [1.165, 1.54) is 12.3 Å². The van der Waals surface area contributed by atoms with Crippen molar-refractivity contribution in [3.05, 3.63) is 33.1 Å². The van der Waals surface area contributed by atoms with Gasteiger partial charge >= 0.3 is 5.69 Å². The van der Waals surface area contributed by atoms with E-state index < -0.39 is 59.7 Å². The van der Waals surface area contributed by atoms with E-state index in [9.17, 15) is 24.9 Å². The van der Waals surface area contributed by atoms with Crippen LogP contribution in [0.15, 0.2) is 21.9 Å². The van der Waals surface area contributed by atoms with Crippen molar-refractivity contribution in [2.45, 2.75) is 83.0 Å². The summed E-state index contributed by atoms with van der Waals surface area (Å²) < 4.78 is 7.07. The van der Waals surface area contributed by atoms with Crippen LogP contribution >= 0.6 is 0 Å². The lowest BCUT2D eigenvalue weighted by Crippen LogP contribution is -2.55. The number of hydrogen-bond acceptors (Lipinski definition) is 6. The van der Waals surface area contributed by atoms with Gasteiger partial charge in [0.15, 0.2) is 6.23 Å². The van der Waals surface area contributed by atoms with Gasteiger partial charge in [0.25, 0.3) is 5.56 Å². The largest absolute Gasteiger partial charge is 0.394 e. The number of aromatic amines is 1. The minimum atomic E-state index is -1.63. The molecule has 8 nitrogen and oxygen atoms in total. The van der Waals surface area contributed by atoms with Gasteiger partial charge in [-0.1, -0.05) is 53.6 Å². The molecule has 1 aliphatic rings. The SMILES string of the molecule is CC(C)(C)C[SiH2]C(O)[C@H]1O[C@@H](n2ccc(=O)[nH]c2=O)[C@@](O)([SiH2]CC(C)(C)C)[C@@H]1O. The van der Waals surface area contributed by atoms with Gasteiger partial charge in [-0.05, 0) is 10.8 Å². The van der Waals surface area contributed by atoms with Crippen LogP contribution in [0.2, 0.25) is 12.1 Å². The molecule has 2 rings (SSSR count). The van der Waals surface area contributed by atoms with E-state index in [-0.39, 0.29) is 10.8 Å². The topological polar surface area (TPSA) is 125 Å². The average Bonchev–Trinajstić information content (AvgIpc) is 2.82. The fourth-order valence-corrected chi connectivity index (χ4v) is 7.66. The molecule has 1 fully saturated rings. The molecular formula is C19H36N2O6Si2. The van der Waals surface area contributed by atoms with E-state index in [2.05, 4.69) is 46.5 Å². The maximum Gasteiger partial charge on any atom is 0.330 e. The van der Waals surface area contributed by atoms with E-state index in [0.717, 1.165) is 10.6 Å². The number of hydrogen-bond donors (Lipinski definition) is 4. The van der Waals surface area contributed by atoms with Gasteiger partial charge in [0.2, 0.25) is 0 Å². The molecule has 5 atom stereocenters. The molecule has 0 aliphatic carbocycles. The number of aliphatic hydroxyl groups is 3. The first-order valence-corrected chi connectivity index (χ1v) is 13.7. The summed E-state index contributed by atoms with van der Waals surface area (Å²) in [6, 6.07) is 2.74. The molecule has 1 aromatic rings. The van der Waals surface area contributed by atoms with Crippen molar-refractivity contribution in [1.29, 1.82) is 0 Å². The fraction of sp³-hybridized carbons (Fsp3) is 0.789. The fourth-order valence-electron chi connectivity index (χ4n) is 3.58. The Balaban J connectivity index is 2.37. The minimum absolute atomic E-state index is 0.0557. The lowest BCUT2D eigenvalue weighted by molar-refractivity contribution is -0.0740. The Kier molecular flexibility index (Phi) is 7.18. The normalized spacial score (nSPS) is 30.0. The number of H-pyrrole nitrogens is 1. The maximum atomic E-state index is 12.4. The molecule has 1 aliphatic heterocycles. The smallest absolute Gasteiger partial charge is 0.330 e. The van der Waals surface area contributed by atoms with Crippen LogP contribution in [0.5, 0.6) is 0 Å². The summed E-state index contributed by atoms with van der Waals surface area (Å²) in [6.07, 6.45) is -2.11. The standard InChI is InChI=1S/C19H36N2O6Si2/c1-17(2,3)9-28-14(24)12-13(23)19(26,29-10-18(4,5)6)15(27-12)21-8-7-11(22)20-16(21)25/h7-8,12-15,23-24,26H,9-10,28-29H2,1-6H3,(H,20,22,25)/t12-,13+,14?,15+,19-/m0/s1. The monoisotopic (exact) mass is 444 g/mol. The summed E-state index contributed by atoms with van der Waals surface area (Å²) in [7, 11) is -2.36. The van der Waals surface area contributed by atoms with Gasteiger partial charge in [0.1, 0.15) is 17.4 Å². The second kappa shape index (κ2) is 8.60. The number of nitrogens with zero attached hydrogens (tertiary/aromatic N) is 1. The van der Waals surface area contributed by atoms with Crippen molar-refractivity contribution in [1.82, 2.24) is 9.55 Å². The van der Waals surface area contributed by atoms with Crippen molar-refractivity contribution in [2.75, 3.05) is 0 Å². The summed E-state index contributed by atoms with van der Waals surface area (Å²) >= 11 is 0. The summed E-state index contributed by atoms with van der Waals surface area (Å²) in [5.41, 5.74) is -2.10. The van der Waals surface area contributed by atoms with Crippen molar-refractivity contribution < 1.29 is 20.1 Å². The zero-order chi connectivity index (χ0) is 22.2. The molecular weight excluding hydrogens is 408 g/mol. The first-order valence-electron chi connectivity index (χ1n) is 10.2. The van der Waals surface area contributed by atoms with E-state index in [1.807, 2.05) is 0 Å². The van der Waals surface area contributed by atoms with Crippen molar-refractivity contribution in [3.8, 4) is 0 Å². The van der Waals surface area contributed by atoms with Gasteiger partial charge in [-0.2, -0.15) is 0 Å². The number of aromatic nitrogens is 2. The lowest BCUT2D eigenvalue weighted by atomic mass is 10.0. The molecule has 0 amide bonds. The molecule has 10 heteroatoms. The first-order chi connectivity index (χ1) is 13.1. The Bertz CT molecular complexity index is 812. The van der Waals surface area contributed by atoms with E-state index >= 15 is 0 Å². The highest BCUT2D eigenvalue weighted by Crippen LogP contribution is 2.40. The zero-order valence-corrected chi connectivity index (χ0v) is 21.1. The highest BCUT2D eigenvalue weighted by Gasteiger charge is 2.57. The highest BCUT2D eigenvalue weighted by atomic mass is 28.2. The molecule has 1 saturated heterocycles. The van der Waals surface area contributed by atoms with Gasteiger partial charge in [0, 0.05) is 12.3 Å². The van der Waals surface area contributed by atoms with Crippen LogP contribution < -0.4 is 11.2 Å². The molecule has 0 spiro atoms. The number of nitrogens with one attached hydrogen (secondary N) is 1. The first kappa shape index (κ1) is 24.2. The predicted octanol–water partition coefficient (Wildman–Crippen LogP) is -0.932. The molecule has 0 saturated carbocycles. The van der Waals surface area contributed by atoms with Gasteiger partial charge in [-0.15, -0.1) is 0 Å². The Morgan fingerprint density at radius 3 is 2.31 bits per heavy atom. The van der Waals surface area contributed by atoms with Crippen LogP contribution in [0.1, 0.15) is 47.8 Å². The van der Waals surface area contributed by atoms with Crippen LogP contribution in [0, 0.1) is 10.8 Å². The minimum Gasteiger partial charge on any atom is -0.394 e. The molecule has 1 aromatic heterocycles. The van der Waals surface area contributed by atoms with Crippen LogP contribution in [0.3, 0.4) is 0 Å². The molecule has 1 unspecified atom stereocenters. The van der Waals surface area contributed by atoms with Crippen molar-refractivity contribution >= 4 is 19.0 Å². The molecule has 0 bridgehead atoms. The summed E-state index contributed by atoms with van der Waals surface area (Å²) in [6.45, 7) is 12.4. The molecule has 2 heterocycles. The van der Waals surface area contributed by atoms with Crippen LogP contribution in [0.25, 0.3) is 0 Å². The van der Waals surface area contributed by atoms with Gasteiger partial charge in [-0.3, -0.25) is 14.3 Å². The summed E-state index contributed by atoms with van der Waals surface area (Å²) in [5, 5.41) is 31.7. The van der Waals surface area contributed by atoms with E-state index in [1.54, 1.807) is 0 Å². The Morgan fingerprint density at radius 2 is 1.79 bits per heavy atom. The van der Waals surface area contributed by atoms with Crippen LogP contribution in [-0.4, -0.2) is 67.1 Å². The average molecular weight is 445 g/mol. The van der Waals surface area contributed by atoms with Gasteiger partial charge in [-0.25, -0.2) is 4.79 Å². The zero-order valence-electron chi connectivity index (χ0n) is 18.3. The number of ether oxygens (including phenoxy) is 1. The number of aliphatic hydroxyl groups excluding tert-OH is 2. The lowest BCUT2D eigenvalue weighted by Gasteiger charge is -2.34. The Morgan fingerprint density at radius 1 is 1.21 bits per heavy atom.